The molecule has 1 aromatic heterocycles. The number of anilines is 1. The largest absolute Gasteiger partial charge is 0.436 e. The van der Waals surface area contributed by atoms with Gasteiger partial charge in [0.25, 0.3) is 5.91 Å². The molecule has 1 heterocycles. The van der Waals surface area contributed by atoms with Crippen LogP contribution in [0, 0.1) is 12.7 Å². The van der Waals surface area contributed by atoms with E-state index in [-0.39, 0.29) is 10.7 Å². The predicted molar refractivity (Wildman–Crippen MR) is 114 cm³/mol. The molecule has 7 heteroatoms. The molecule has 0 spiro atoms. The summed E-state index contributed by atoms with van der Waals surface area (Å²) in [6, 6.07) is 18.6. The number of nitrogens with one attached hydrogen (secondary N) is 2. The number of halogens is 1. The van der Waals surface area contributed by atoms with Gasteiger partial charge in [-0.15, -0.1) is 0 Å². The van der Waals surface area contributed by atoms with Crippen LogP contribution in [0.25, 0.3) is 22.6 Å². The van der Waals surface area contributed by atoms with Crippen molar-refractivity contribution < 1.29 is 13.6 Å². The molecule has 5 nitrogen and oxygen atoms in total. The Hall–Kier alpha value is -3.58. The van der Waals surface area contributed by atoms with E-state index in [0.29, 0.717) is 22.7 Å². The van der Waals surface area contributed by atoms with Crippen molar-refractivity contribution in [2.75, 3.05) is 5.32 Å². The highest BCUT2D eigenvalue weighted by atomic mass is 32.1. The van der Waals surface area contributed by atoms with Crippen LogP contribution in [0.2, 0.25) is 0 Å². The first kappa shape index (κ1) is 18.8. The molecule has 4 rings (SSSR count). The highest BCUT2D eigenvalue weighted by Gasteiger charge is 2.11. The molecule has 0 aliphatic rings. The van der Waals surface area contributed by atoms with Gasteiger partial charge in [0.15, 0.2) is 10.7 Å². The zero-order valence-electron chi connectivity index (χ0n) is 15.4. The van der Waals surface area contributed by atoms with Crippen LogP contribution < -0.4 is 10.6 Å². The summed E-state index contributed by atoms with van der Waals surface area (Å²) in [6.45, 7) is 2.01. The third-order valence-corrected chi connectivity index (χ3v) is 4.43. The fourth-order valence-corrected chi connectivity index (χ4v) is 3.08. The van der Waals surface area contributed by atoms with Crippen molar-refractivity contribution >= 4 is 40.0 Å². The Balaban J connectivity index is 1.49. The molecule has 2 N–H and O–H groups in total. The minimum atomic E-state index is -0.494. The number of benzene rings is 3. The Labute approximate surface area is 171 Å². The summed E-state index contributed by atoms with van der Waals surface area (Å²) in [4.78, 5) is 16.7. The Bertz CT molecular complexity index is 1240. The molecule has 0 fully saturated rings. The highest BCUT2D eigenvalue weighted by Crippen LogP contribution is 2.26. The first-order valence-corrected chi connectivity index (χ1v) is 9.24. The maximum absolute atomic E-state index is 13.3. The molecule has 0 radical (unpaired) electrons. The van der Waals surface area contributed by atoms with E-state index in [2.05, 4.69) is 15.6 Å². The summed E-state index contributed by atoms with van der Waals surface area (Å²) in [6.07, 6.45) is 0. The van der Waals surface area contributed by atoms with Gasteiger partial charge in [0.2, 0.25) is 5.89 Å². The van der Waals surface area contributed by atoms with Gasteiger partial charge in [-0.1, -0.05) is 23.8 Å². The quantitative estimate of drug-likeness (QED) is 0.466. The van der Waals surface area contributed by atoms with E-state index in [9.17, 15) is 9.18 Å². The molecule has 0 aliphatic heterocycles. The second-order valence-electron chi connectivity index (χ2n) is 6.49. The van der Waals surface area contributed by atoms with Crippen molar-refractivity contribution in [3.05, 3.63) is 83.7 Å². The average molecular weight is 405 g/mol. The standard InChI is InChI=1S/C22H16FN3O2S/c1-13-4-2-6-15(10-13)21-25-18-12-17(8-9-19(18)28-21)24-22(29)26-20(27)14-5-3-7-16(23)11-14/h2-12H,1H3,(H2,24,26,27,29). The molecular weight excluding hydrogens is 389 g/mol. The van der Waals surface area contributed by atoms with Gasteiger partial charge in [-0.3, -0.25) is 10.1 Å². The number of oxazole rings is 1. The van der Waals surface area contributed by atoms with E-state index in [1.54, 1.807) is 18.2 Å². The number of amides is 1. The topological polar surface area (TPSA) is 67.2 Å². The third-order valence-electron chi connectivity index (χ3n) is 4.22. The molecule has 1 amide bonds. The minimum absolute atomic E-state index is 0.0982. The summed E-state index contributed by atoms with van der Waals surface area (Å²) >= 11 is 5.18. The van der Waals surface area contributed by atoms with Gasteiger partial charge in [0, 0.05) is 16.8 Å². The van der Waals surface area contributed by atoms with Gasteiger partial charge in [-0.2, -0.15) is 0 Å². The Morgan fingerprint density at radius 1 is 1.07 bits per heavy atom. The first-order chi connectivity index (χ1) is 14.0. The second kappa shape index (κ2) is 7.81. The molecule has 144 valence electrons. The number of hydrogen-bond donors (Lipinski definition) is 2. The molecule has 0 unspecified atom stereocenters. The summed E-state index contributed by atoms with van der Waals surface area (Å²) in [5.41, 5.74) is 4.14. The summed E-state index contributed by atoms with van der Waals surface area (Å²) in [5.74, 6) is -0.452. The number of nitrogens with zero attached hydrogens (tertiary/aromatic N) is 1. The van der Waals surface area contributed by atoms with E-state index in [0.717, 1.165) is 17.2 Å². The van der Waals surface area contributed by atoms with Crippen LogP contribution >= 0.6 is 12.2 Å². The van der Waals surface area contributed by atoms with E-state index in [4.69, 9.17) is 16.6 Å². The van der Waals surface area contributed by atoms with Gasteiger partial charge in [0.1, 0.15) is 11.3 Å². The monoisotopic (exact) mass is 405 g/mol. The summed E-state index contributed by atoms with van der Waals surface area (Å²) in [7, 11) is 0. The average Bonchev–Trinajstić information content (AvgIpc) is 3.11. The van der Waals surface area contributed by atoms with Gasteiger partial charge in [-0.05, 0) is 67.7 Å². The van der Waals surface area contributed by atoms with Gasteiger partial charge in [0.05, 0.1) is 0 Å². The minimum Gasteiger partial charge on any atom is -0.436 e. The zero-order chi connectivity index (χ0) is 20.4. The van der Waals surface area contributed by atoms with E-state index >= 15 is 0 Å². The smallest absolute Gasteiger partial charge is 0.257 e. The van der Waals surface area contributed by atoms with E-state index in [1.807, 2.05) is 31.2 Å². The fourth-order valence-electron chi connectivity index (χ4n) is 2.87. The lowest BCUT2D eigenvalue weighted by molar-refractivity contribution is 0.0977. The van der Waals surface area contributed by atoms with Crippen LogP contribution in [0.3, 0.4) is 0 Å². The third kappa shape index (κ3) is 4.30. The van der Waals surface area contributed by atoms with E-state index in [1.165, 1.54) is 18.2 Å². The molecule has 4 aromatic rings. The van der Waals surface area contributed by atoms with Crippen LogP contribution in [0.5, 0.6) is 0 Å². The maximum atomic E-state index is 13.3. The van der Waals surface area contributed by atoms with Crippen molar-refractivity contribution in [2.24, 2.45) is 0 Å². The van der Waals surface area contributed by atoms with Crippen LogP contribution in [0.4, 0.5) is 10.1 Å². The molecular formula is C22H16FN3O2S. The van der Waals surface area contributed by atoms with Gasteiger partial charge in [-0.25, -0.2) is 9.37 Å². The Morgan fingerprint density at radius 3 is 2.69 bits per heavy atom. The predicted octanol–water partition coefficient (Wildman–Crippen LogP) is 5.07. The maximum Gasteiger partial charge on any atom is 0.257 e. The van der Waals surface area contributed by atoms with Gasteiger partial charge < -0.3 is 9.73 Å². The Kier molecular flexibility index (Phi) is 5.05. The molecule has 3 aromatic carbocycles. The molecule has 0 saturated carbocycles. The van der Waals surface area contributed by atoms with Crippen molar-refractivity contribution in [1.82, 2.24) is 10.3 Å². The number of carbonyl (C=O) groups is 1. The van der Waals surface area contributed by atoms with E-state index < -0.39 is 11.7 Å². The summed E-state index contributed by atoms with van der Waals surface area (Å²) in [5, 5.41) is 5.56. The number of aromatic nitrogens is 1. The molecule has 29 heavy (non-hydrogen) atoms. The van der Waals surface area contributed by atoms with Crippen molar-refractivity contribution in [3.8, 4) is 11.5 Å². The number of thiocarbonyl (C=S) groups is 1. The normalized spacial score (nSPS) is 10.7. The lowest BCUT2D eigenvalue weighted by Crippen LogP contribution is -2.34. The molecule has 0 saturated heterocycles. The molecule has 0 atom stereocenters. The lowest BCUT2D eigenvalue weighted by atomic mass is 10.1. The molecule has 0 bridgehead atoms. The van der Waals surface area contributed by atoms with Crippen LogP contribution in [0.15, 0.2) is 71.1 Å². The highest BCUT2D eigenvalue weighted by molar-refractivity contribution is 7.80. The number of carbonyl (C=O) groups excluding carboxylic acids is 1. The van der Waals surface area contributed by atoms with Crippen molar-refractivity contribution in [2.45, 2.75) is 6.92 Å². The Morgan fingerprint density at radius 2 is 1.90 bits per heavy atom. The zero-order valence-corrected chi connectivity index (χ0v) is 16.2. The van der Waals surface area contributed by atoms with Gasteiger partial charge >= 0.3 is 0 Å². The van der Waals surface area contributed by atoms with Crippen LogP contribution in [-0.4, -0.2) is 16.0 Å². The fraction of sp³-hybridized carbons (Fsp3) is 0.0455. The molecule has 0 aliphatic carbocycles. The SMILES string of the molecule is Cc1cccc(-c2nc3cc(NC(=S)NC(=O)c4cccc(F)c4)ccc3o2)c1. The lowest BCUT2D eigenvalue weighted by Gasteiger charge is -2.09. The number of aryl methyl sites for hydroxylation is 1. The number of rotatable bonds is 3. The number of hydrogen-bond acceptors (Lipinski definition) is 4. The summed E-state index contributed by atoms with van der Waals surface area (Å²) < 4.78 is 19.1. The van der Waals surface area contributed by atoms with Crippen LogP contribution in [-0.2, 0) is 0 Å². The van der Waals surface area contributed by atoms with Crippen molar-refractivity contribution in [1.29, 1.82) is 0 Å². The van der Waals surface area contributed by atoms with Crippen molar-refractivity contribution in [3.63, 3.8) is 0 Å². The first-order valence-electron chi connectivity index (χ1n) is 8.83. The second-order valence-corrected chi connectivity index (χ2v) is 6.90. The van der Waals surface area contributed by atoms with Crippen LogP contribution in [0.1, 0.15) is 15.9 Å². The number of fused-ring (bicyclic) bond motifs is 1.